The van der Waals surface area contributed by atoms with E-state index in [1.807, 2.05) is 6.07 Å². The van der Waals surface area contributed by atoms with Gasteiger partial charge in [0.2, 0.25) is 5.43 Å². The summed E-state index contributed by atoms with van der Waals surface area (Å²) < 4.78 is 6.29. The van der Waals surface area contributed by atoms with Gasteiger partial charge in [0.1, 0.15) is 16.9 Å². The lowest BCUT2D eigenvalue weighted by atomic mass is 10.0. The van der Waals surface area contributed by atoms with Gasteiger partial charge in [0.25, 0.3) is 0 Å². The molecule has 3 nitrogen and oxygen atoms in total. The van der Waals surface area contributed by atoms with Crippen molar-refractivity contribution in [3.8, 4) is 5.75 Å². The maximum absolute atomic E-state index is 12.5. The molecule has 0 bridgehead atoms. The highest BCUT2D eigenvalue weighted by atomic mass is 79.9. The van der Waals surface area contributed by atoms with Crippen LogP contribution in [0.15, 0.2) is 56.7 Å². The van der Waals surface area contributed by atoms with Crippen LogP contribution in [0.4, 0.5) is 0 Å². The third-order valence-corrected chi connectivity index (χ3v) is 3.84. The van der Waals surface area contributed by atoms with Crippen LogP contribution in [0, 0.1) is 0 Å². The van der Waals surface area contributed by atoms with E-state index < -0.39 is 0 Å². The molecule has 1 heterocycles. The minimum Gasteiger partial charge on any atom is -0.506 e. The molecule has 0 spiro atoms. The predicted octanol–water partition coefficient (Wildman–Crippen LogP) is 4.14. The molecule has 0 atom stereocenters. The maximum atomic E-state index is 12.5. The van der Waals surface area contributed by atoms with Gasteiger partial charge in [-0.05, 0) is 40.5 Å². The minimum absolute atomic E-state index is 0.0795. The number of phenolic OH excluding ortho intramolecular Hbond substituents is 1. The van der Waals surface area contributed by atoms with Crippen LogP contribution in [0.3, 0.4) is 0 Å². The number of hydrogen-bond acceptors (Lipinski definition) is 3. The second-order valence-electron chi connectivity index (χ2n) is 4.48. The Morgan fingerprint density at radius 2 is 2.05 bits per heavy atom. The van der Waals surface area contributed by atoms with Gasteiger partial charge in [0, 0.05) is 5.56 Å². The summed E-state index contributed by atoms with van der Waals surface area (Å²) in [6, 6.07) is 8.67. The molecule has 1 N–H and O–H groups in total. The van der Waals surface area contributed by atoms with Crippen LogP contribution >= 0.6 is 15.9 Å². The zero-order valence-corrected chi connectivity index (χ0v) is 12.1. The summed E-state index contributed by atoms with van der Waals surface area (Å²) in [6.45, 7) is 3.67. The van der Waals surface area contributed by atoms with E-state index in [1.54, 1.807) is 30.3 Å². The normalized spacial score (nSPS) is 11.1. The molecular formula is C16H11BrO3. The van der Waals surface area contributed by atoms with Gasteiger partial charge in [-0.15, -0.1) is 6.58 Å². The van der Waals surface area contributed by atoms with Crippen molar-refractivity contribution in [2.75, 3.05) is 0 Å². The van der Waals surface area contributed by atoms with E-state index in [0.29, 0.717) is 38.4 Å². The van der Waals surface area contributed by atoms with Gasteiger partial charge in [0.05, 0.1) is 15.2 Å². The number of benzene rings is 2. The average molecular weight is 331 g/mol. The van der Waals surface area contributed by atoms with E-state index >= 15 is 0 Å². The molecule has 0 saturated carbocycles. The van der Waals surface area contributed by atoms with Crippen LogP contribution in [-0.2, 0) is 6.42 Å². The number of allylic oxidation sites excluding steroid dienone is 1. The Labute approximate surface area is 123 Å². The van der Waals surface area contributed by atoms with Crippen LogP contribution in [0.25, 0.3) is 21.9 Å². The topological polar surface area (TPSA) is 50.4 Å². The second-order valence-corrected chi connectivity index (χ2v) is 5.34. The summed E-state index contributed by atoms with van der Waals surface area (Å²) >= 11 is 3.27. The van der Waals surface area contributed by atoms with Gasteiger partial charge in [-0.1, -0.05) is 18.2 Å². The van der Waals surface area contributed by atoms with E-state index in [-0.39, 0.29) is 11.2 Å². The molecule has 4 heteroatoms. The number of halogens is 1. The lowest BCUT2D eigenvalue weighted by molar-refractivity contribution is 0.465. The van der Waals surface area contributed by atoms with Gasteiger partial charge in [0.15, 0.2) is 0 Å². The highest BCUT2D eigenvalue weighted by Gasteiger charge is 2.16. The maximum Gasteiger partial charge on any atom is 0.200 e. The van der Waals surface area contributed by atoms with Crippen molar-refractivity contribution in [1.82, 2.24) is 0 Å². The van der Waals surface area contributed by atoms with E-state index in [1.165, 1.54) is 0 Å². The van der Waals surface area contributed by atoms with Crippen molar-refractivity contribution in [3.05, 3.63) is 63.2 Å². The summed E-state index contributed by atoms with van der Waals surface area (Å²) in [4.78, 5) is 12.5. The molecule has 0 unspecified atom stereocenters. The summed E-state index contributed by atoms with van der Waals surface area (Å²) in [5.74, 6) is 0.0795. The Balaban J connectivity index is 2.57. The number of aromatic hydroxyl groups is 1. The Morgan fingerprint density at radius 3 is 2.80 bits per heavy atom. The molecule has 0 aliphatic rings. The predicted molar refractivity (Wildman–Crippen MR) is 83.3 cm³/mol. The fourth-order valence-corrected chi connectivity index (χ4v) is 2.76. The van der Waals surface area contributed by atoms with Crippen LogP contribution in [0.5, 0.6) is 5.75 Å². The molecule has 2 aromatic carbocycles. The number of rotatable bonds is 2. The number of hydrogen-bond donors (Lipinski definition) is 1. The van der Waals surface area contributed by atoms with Gasteiger partial charge in [-0.2, -0.15) is 0 Å². The van der Waals surface area contributed by atoms with Gasteiger partial charge in [-0.25, -0.2) is 0 Å². The Bertz CT molecular complexity index is 893. The summed E-state index contributed by atoms with van der Waals surface area (Å²) in [5.41, 5.74) is 1.38. The van der Waals surface area contributed by atoms with Crippen LogP contribution < -0.4 is 5.43 Å². The van der Waals surface area contributed by atoms with Crippen molar-refractivity contribution in [1.29, 1.82) is 0 Å². The van der Waals surface area contributed by atoms with Crippen molar-refractivity contribution in [2.45, 2.75) is 6.42 Å². The van der Waals surface area contributed by atoms with E-state index in [9.17, 15) is 9.90 Å². The molecule has 0 fully saturated rings. The van der Waals surface area contributed by atoms with Gasteiger partial charge in [-0.3, -0.25) is 4.79 Å². The highest BCUT2D eigenvalue weighted by Crippen LogP contribution is 2.35. The van der Waals surface area contributed by atoms with Crippen molar-refractivity contribution in [3.63, 3.8) is 0 Å². The monoisotopic (exact) mass is 330 g/mol. The SMILES string of the molecule is C=CCc1c(O)c(Br)cc2c(=O)c3ccccc3oc12. The molecular weight excluding hydrogens is 320 g/mol. The van der Waals surface area contributed by atoms with Crippen molar-refractivity contribution in [2.24, 2.45) is 0 Å². The molecule has 0 radical (unpaired) electrons. The zero-order chi connectivity index (χ0) is 14.3. The summed E-state index contributed by atoms with van der Waals surface area (Å²) in [6.07, 6.45) is 2.08. The smallest absolute Gasteiger partial charge is 0.200 e. The van der Waals surface area contributed by atoms with Crippen LogP contribution in [-0.4, -0.2) is 5.11 Å². The largest absolute Gasteiger partial charge is 0.506 e. The second kappa shape index (κ2) is 4.80. The van der Waals surface area contributed by atoms with Crippen LogP contribution in [0.1, 0.15) is 5.56 Å². The zero-order valence-electron chi connectivity index (χ0n) is 10.5. The first kappa shape index (κ1) is 12.9. The van der Waals surface area contributed by atoms with E-state index in [4.69, 9.17) is 4.42 Å². The average Bonchev–Trinajstić information content (AvgIpc) is 2.46. The standard InChI is InChI=1S/C16H11BrO3/c1-2-5-10-15(19)12(17)8-11-14(18)9-6-3-4-7-13(9)20-16(10)11/h2-4,6-8,19H,1,5H2. The molecule has 0 saturated heterocycles. The number of para-hydroxylation sites is 1. The Morgan fingerprint density at radius 1 is 1.30 bits per heavy atom. The number of fused-ring (bicyclic) bond motifs is 2. The van der Waals surface area contributed by atoms with Crippen LogP contribution in [0.2, 0.25) is 0 Å². The third-order valence-electron chi connectivity index (χ3n) is 3.24. The highest BCUT2D eigenvalue weighted by molar-refractivity contribution is 9.10. The lowest BCUT2D eigenvalue weighted by Crippen LogP contribution is -2.03. The molecule has 3 rings (SSSR count). The Hall–Kier alpha value is -2.07. The molecule has 1 aromatic heterocycles. The molecule has 100 valence electrons. The van der Waals surface area contributed by atoms with E-state index in [0.717, 1.165) is 0 Å². The minimum atomic E-state index is -0.104. The summed E-state index contributed by atoms with van der Waals surface area (Å²) in [7, 11) is 0. The molecule has 0 aliphatic carbocycles. The fourth-order valence-electron chi connectivity index (χ4n) is 2.29. The first-order chi connectivity index (χ1) is 9.63. The molecule has 20 heavy (non-hydrogen) atoms. The first-order valence-corrected chi connectivity index (χ1v) is 6.89. The molecule has 0 aliphatic heterocycles. The lowest BCUT2D eigenvalue weighted by Gasteiger charge is -2.09. The molecule has 3 aromatic rings. The van der Waals surface area contributed by atoms with Gasteiger partial charge < -0.3 is 9.52 Å². The van der Waals surface area contributed by atoms with E-state index in [2.05, 4.69) is 22.5 Å². The van der Waals surface area contributed by atoms with Crippen molar-refractivity contribution >= 4 is 37.9 Å². The first-order valence-electron chi connectivity index (χ1n) is 6.10. The fraction of sp³-hybridized carbons (Fsp3) is 0.0625. The number of phenols is 1. The summed E-state index contributed by atoms with van der Waals surface area (Å²) in [5, 5.41) is 11.1. The third kappa shape index (κ3) is 1.84. The molecule has 0 amide bonds. The Kier molecular flexibility index (Phi) is 3.10. The van der Waals surface area contributed by atoms with Gasteiger partial charge >= 0.3 is 0 Å². The quantitative estimate of drug-likeness (QED) is 0.567. The van der Waals surface area contributed by atoms with Crippen molar-refractivity contribution < 1.29 is 9.52 Å².